The molecule has 0 aliphatic carbocycles. The zero-order valence-electron chi connectivity index (χ0n) is 11.6. The van der Waals surface area contributed by atoms with Gasteiger partial charge in [-0.05, 0) is 60.0 Å². The molecular weight excluding hydrogens is 318 g/mol. The number of hydrogen-bond donors (Lipinski definition) is 0. The minimum Gasteiger partial charge on any atom is -0.291 e. The average molecular weight is 332 g/mol. The van der Waals surface area contributed by atoms with Crippen molar-refractivity contribution in [2.75, 3.05) is 0 Å². The second kappa shape index (κ2) is 5.59. The van der Waals surface area contributed by atoms with Crippen LogP contribution in [0.1, 0.15) is 28.1 Å². The van der Waals surface area contributed by atoms with Gasteiger partial charge < -0.3 is 0 Å². The SMILES string of the molecule is Cc1cc(C#N)ccc1Cn1c(C)c(Br)c(C)nc1=O. The van der Waals surface area contributed by atoms with E-state index in [0.29, 0.717) is 17.8 Å². The standard InChI is InChI=1S/C15H14BrN3O/c1-9-6-12(7-17)4-5-13(9)8-19-11(3)14(16)10(2)18-15(19)20/h4-6H,8H2,1-3H3. The minimum absolute atomic E-state index is 0.257. The number of aryl methyl sites for hydroxylation is 2. The van der Waals surface area contributed by atoms with Gasteiger partial charge in [0.25, 0.3) is 0 Å². The number of rotatable bonds is 2. The first-order chi connectivity index (χ1) is 9.43. The summed E-state index contributed by atoms with van der Waals surface area (Å²) in [6.45, 7) is 6.08. The number of hydrogen-bond acceptors (Lipinski definition) is 3. The summed E-state index contributed by atoms with van der Waals surface area (Å²) in [7, 11) is 0. The molecule has 0 saturated heterocycles. The topological polar surface area (TPSA) is 58.7 Å². The van der Waals surface area contributed by atoms with Crippen LogP contribution in [0.3, 0.4) is 0 Å². The molecule has 0 radical (unpaired) electrons. The molecule has 1 aromatic carbocycles. The third-order valence-electron chi connectivity index (χ3n) is 3.33. The number of nitrogens with zero attached hydrogens (tertiary/aromatic N) is 3. The van der Waals surface area contributed by atoms with Crippen molar-refractivity contribution in [3.8, 4) is 6.07 Å². The summed E-state index contributed by atoms with van der Waals surface area (Å²) in [5, 5.41) is 8.88. The highest BCUT2D eigenvalue weighted by molar-refractivity contribution is 9.10. The Morgan fingerprint density at radius 2 is 2.05 bits per heavy atom. The van der Waals surface area contributed by atoms with Crippen molar-refractivity contribution in [2.45, 2.75) is 27.3 Å². The Balaban J connectivity index is 2.49. The van der Waals surface area contributed by atoms with Crippen LogP contribution in [0.4, 0.5) is 0 Å². The maximum absolute atomic E-state index is 12.0. The lowest BCUT2D eigenvalue weighted by molar-refractivity contribution is 0.686. The molecule has 1 aromatic heterocycles. The van der Waals surface area contributed by atoms with Crippen LogP contribution in [0, 0.1) is 32.1 Å². The first-order valence-corrected chi connectivity index (χ1v) is 6.96. The molecule has 1 heterocycles. The minimum atomic E-state index is -0.257. The molecule has 0 atom stereocenters. The van der Waals surface area contributed by atoms with Gasteiger partial charge in [0.2, 0.25) is 0 Å². The number of benzene rings is 1. The van der Waals surface area contributed by atoms with Gasteiger partial charge in [0.05, 0.1) is 28.3 Å². The summed E-state index contributed by atoms with van der Waals surface area (Å²) in [6.07, 6.45) is 0. The molecule has 0 aliphatic rings. The smallest absolute Gasteiger partial charge is 0.291 e. The Labute approximate surface area is 125 Å². The number of halogens is 1. The van der Waals surface area contributed by atoms with Gasteiger partial charge in [-0.25, -0.2) is 4.79 Å². The largest absolute Gasteiger partial charge is 0.348 e. The quantitative estimate of drug-likeness (QED) is 0.850. The Bertz CT molecular complexity index is 772. The van der Waals surface area contributed by atoms with Crippen LogP contribution in [-0.4, -0.2) is 9.55 Å². The zero-order chi connectivity index (χ0) is 14.9. The van der Waals surface area contributed by atoms with Crippen molar-refractivity contribution in [2.24, 2.45) is 0 Å². The van der Waals surface area contributed by atoms with Crippen LogP contribution in [0.15, 0.2) is 27.5 Å². The highest BCUT2D eigenvalue weighted by atomic mass is 79.9. The summed E-state index contributed by atoms with van der Waals surface area (Å²) in [4.78, 5) is 16.0. The lowest BCUT2D eigenvalue weighted by Gasteiger charge is -2.13. The molecule has 0 amide bonds. The van der Waals surface area contributed by atoms with E-state index in [1.165, 1.54) is 0 Å². The molecule has 0 N–H and O–H groups in total. The van der Waals surface area contributed by atoms with Crippen LogP contribution in [0.25, 0.3) is 0 Å². The van der Waals surface area contributed by atoms with Crippen molar-refractivity contribution >= 4 is 15.9 Å². The monoisotopic (exact) mass is 331 g/mol. The molecule has 0 fully saturated rings. The van der Waals surface area contributed by atoms with Crippen LogP contribution in [0.5, 0.6) is 0 Å². The fourth-order valence-corrected chi connectivity index (χ4v) is 2.38. The summed E-state index contributed by atoms with van der Waals surface area (Å²) < 4.78 is 2.48. The van der Waals surface area contributed by atoms with Gasteiger partial charge >= 0.3 is 5.69 Å². The second-order valence-electron chi connectivity index (χ2n) is 4.72. The van der Waals surface area contributed by atoms with Crippen LogP contribution in [-0.2, 0) is 6.54 Å². The predicted molar refractivity (Wildman–Crippen MR) is 80.7 cm³/mol. The molecule has 4 nitrogen and oxygen atoms in total. The van der Waals surface area contributed by atoms with E-state index in [0.717, 1.165) is 21.3 Å². The number of nitriles is 1. The first kappa shape index (κ1) is 14.5. The van der Waals surface area contributed by atoms with E-state index in [4.69, 9.17) is 5.26 Å². The summed E-state index contributed by atoms with van der Waals surface area (Å²) in [6, 6.07) is 7.58. The van der Waals surface area contributed by atoms with E-state index in [1.54, 1.807) is 17.6 Å². The molecule has 2 aromatic rings. The van der Waals surface area contributed by atoms with E-state index in [-0.39, 0.29) is 5.69 Å². The van der Waals surface area contributed by atoms with Gasteiger partial charge in [-0.15, -0.1) is 0 Å². The van der Waals surface area contributed by atoms with Crippen LogP contribution >= 0.6 is 15.9 Å². The fourth-order valence-electron chi connectivity index (χ4n) is 2.08. The maximum Gasteiger partial charge on any atom is 0.348 e. The van der Waals surface area contributed by atoms with Gasteiger partial charge in [-0.2, -0.15) is 10.2 Å². The lowest BCUT2D eigenvalue weighted by Crippen LogP contribution is -2.27. The zero-order valence-corrected chi connectivity index (χ0v) is 13.2. The Hall–Kier alpha value is -1.93. The summed E-state index contributed by atoms with van der Waals surface area (Å²) in [5.41, 5.74) is 3.91. The molecule has 0 aliphatic heterocycles. The molecule has 5 heteroatoms. The van der Waals surface area contributed by atoms with E-state index >= 15 is 0 Å². The highest BCUT2D eigenvalue weighted by Crippen LogP contribution is 2.18. The van der Waals surface area contributed by atoms with E-state index in [2.05, 4.69) is 27.0 Å². The van der Waals surface area contributed by atoms with E-state index in [9.17, 15) is 4.79 Å². The van der Waals surface area contributed by atoms with Crippen molar-refractivity contribution in [3.05, 3.63) is 61.2 Å². The Morgan fingerprint density at radius 3 is 2.65 bits per heavy atom. The molecule has 20 heavy (non-hydrogen) atoms. The summed E-state index contributed by atoms with van der Waals surface area (Å²) >= 11 is 3.45. The Morgan fingerprint density at radius 1 is 1.35 bits per heavy atom. The van der Waals surface area contributed by atoms with Crippen LogP contribution < -0.4 is 5.69 Å². The Kier molecular flexibility index (Phi) is 4.05. The average Bonchev–Trinajstić information content (AvgIpc) is 2.42. The van der Waals surface area contributed by atoms with E-state index < -0.39 is 0 Å². The van der Waals surface area contributed by atoms with Crippen molar-refractivity contribution < 1.29 is 0 Å². The molecule has 0 spiro atoms. The predicted octanol–water partition coefficient (Wildman–Crippen LogP) is 2.85. The molecule has 0 saturated carbocycles. The van der Waals surface area contributed by atoms with Gasteiger partial charge in [-0.3, -0.25) is 4.57 Å². The van der Waals surface area contributed by atoms with Gasteiger partial charge in [0, 0.05) is 5.69 Å². The fraction of sp³-hybridized carbons (Fsp3) is 0.267. The van der Waals surface area contributed by atoms with E-state index in [1.807, 2.05) is 26.0 Å². The molecule has 0 bridgehead atoms. The number of aromatic nitrogens is 2. The van der Waals surface area contributed by atoms with Gasteiger partial charge in [0.15, 0.2) is 0 Å². The third-order valence-corrected chi connectivity index (χ3v) is 4.48. The van der Waals surface area contributed by atoms with Gasteiger partial charge in [0.1, 0.15) is 0 Å². The van der Waals surface area contributed by atoms with Crippen molar-refractivity contribution in [3.63, 3.8) is 0 Å². The summed E-state index contributed by atoms with van der Waals surface area (Å²) in [5.74, 6) is 0. The maximum atomic E-state index is 12.0. The highest BCUT2D eigenvalue weighted by Gasteiger charge is 2.10. The molecule has 0 unspecified atom stereocenters. The third kappa shape index (κ3) is 2.66. The first-order valence-electron chi connectivity index (χ1n) is 6.17. The van der Waals surface area contributed by atoms with Crippen molar-refractivity contribution in [1.29, 1.82) is 5.26 Å². The van der Waals surface area contributed by atoms with Gasteiger partial charge in [-0.1, -0.05) is 6.07 Å². The van der Waals surface area contributed by atoms with Crippen LogP contribution in [0.2, 0.25) is 0 Å². The molecule has 102 valence electrons. The normalized spacial score (nSPS) is 10.3. The molecule has 2 rings (SSSR count). The molecular formula is C15H14BrN3O. The van der Waals surface area contributed by atoms with Crippen molar-refractivity contribution in [1.82, 2.24) is 9.55 Å². The lowest BCUT2D eigenvalue weighted by atomic mass is 10.1. The second-order valence-corrected chi connectivity index (χ2v) is 5.51.